The normalized spacial score (nSPS) is 13.7. The van der Waals surface area contributed by atoms with Crippen LogP contribution in [0, 0.1) is 0 Å². The number of halogens is 1. The van der Waals surface area contributed by atoms with E-state index in [0.717, 1.165) is 36.8 Å². The standard InChI is InChI=1S/C19H20ClNO3S/c1-24-19(23)17-14-5-3-2-4-6-15(14)25-18(17)21-16(22)11-12-7-9-13(20)10-8-12/h7-10H,2-6,11H2,1H3,(H,21,22). The third-order valence-electron chi connectivity index (χ3n) is 4.34. The summed E-state index contributed by atoms with van der Waals surface area (Å²) in [6, 6.07) is 7.17. The lowest BCUT2D eigenvalue weighted by atomic mass is 10.1. The maximum absolute atomic E-state index is 12.4. The van der Waals surface area contributed by atoms with Crippen LogP contribution < -0.4 is 5.32 Å². The van der Waals surface area contributed by atoms with Crippen LogP contribution in [0.4, 0.5) is 5.00 Å². The highest BCUT2D eigenvalue weighted by Crippen LogP contribution is 2.38. The van der Waals surface area contributed by atoms with Gasteiger partial charge in [0.2, 0.25) is 5.91 Å². The first-order chi connectivity index (χ1) is 12.1. The molecule has 0 unspecified atom stereocenters. The van der Waals surface area contributed by atoms with E-state index in [0.29, 0.717) is 15.6 Å². The highest BCUT2D eigenvalue weighted by atomic mass is 35.5. The predicted molar refractivity (Wildman–Crippen MR) is 101 cm³/mol. The van der Waals surface area contributed by atoms with E-state index in [-0.39, 0.29) is 18.3 Å². The molecular weight excluding hydrogens is 358 g/mol. The number of aryl methyl sites for hydroxylation is 1. The Bertz CT molecular complexity index is 783. The minimum Gasteiger partial charge on any atom is -0.465 e. The summed E-state index contributed by atoms with van der Waals surface area (Å²) in [5.74, 6) is -0.523. The third kappa shape index (κ3) is 4.22. The maximum Gasteiger partial charge on any atom is 0.341 e. The Hall–Kier alpha value is -1.85. The van der Waals surface area contributed by atoms with Crippen LogP contribution in [0.1, 0.15) is 45.6 Å². The van der Waals surface area contributed by atoms with Crippen molar-refractivity contribution in [3.8, 4) is 0 Å². The average molecular weight is 378 g/mol. The molecule has 3 rings (SSSR count). The Morgan fingerprint density at radius 1 is 1.16 bits per heavy atom. The number of rotatable bonds is 4. The summed E-state index contributed by atoms with van der Waals surface area (Å²) in [5.41, 5.74) is 2.46. The van der Waals surface area contributed by atoms with Gasteiger partial charge in [0.05, 0.1) is 19.1 Å². The zero-order valence-corrected chi connectivity index (χ0v) is 15.6. The lowest BCUT2D eigenvalue weighted by Crippen LogP contribution is -2.16. The number of esters is 1. The van der Waals surface area contributed by atoms with E-state index < -0.39 is 0 Å². The Kier molecular flexibility index (Phi) is 5.76. The van der Waals surface area contributed by atoms with Gasteiger partial charge >= 0.3 is 5.97 Å². The molecule has 1 aromatic carbocycles. The van der Waals surface area contributed by atoms with Gasteiger partial charge < -0.3 is 10.1 Å². The molecule has 0 atom stereocenters. The highest BCUT2D eigenvalue weighted by Gasteiger charge is 2.26. The molecule has 0 bridgehead atoms. The van der Waals surface area contributed by atoms with Gasteiger partial charge in [0.15, 0.2) is 0 Å². The summed E-state index contributed by atoms with van der Waals surface area (Å²) < 4.78 is 4.96. The van der Waals surface area contributed by atoms with E-state index in [2.05, 4.69) is 5.32 Å². The second kappa shape index (κ2) is 8.02. The molecule has 0 radical (unpaired) electrons. The molecule has 0 saturated carbocycles. The third-order valence-corrected chi connectivity index (χ3v) is 5.80. The monoisotopic (exact) mass is 377 g/mol. The van der Waals surface area contributed by atoms with Crippen molar-refractivity contribution in [2.75, 3.05) is 12.4 Å². The number of hydrogen-bond donors (Lipinski definition) is 1. The SMILES string of the molecule is COC(=O)c1c(NC(=O)Cc2ccc(Cl)cc2)sc2c1CCCCC2. The van der Waals surface area contributed by atoms with E-state index in [4.69, 9.17) is 16.3 Å². The van der Waals surface area contributed by atoms with Crippen molar-refractivity contribution < 1.29 is 14.3 Å². The molecule has 2 aromatic rings. The molecular formula is C19H20ClNO3S. The molecule has 6 heteroatoms. The quantitative estimate of drug-likeness (QED) is 0.623. The van der Waals surface area contributed by atoms with E-state index in [1.165, 1.54) is 29.7 Å². The fraction of sp³-hybridized carbons (Fsp3) is 0.368. The van der Waals surface area contributed by atoms with Crippen molar-refractivity contribution in [1.82, 2.24) is 0 Å². The summed E-state index contributed by atoms with van der Waals surface area (Å²) in [6.45, 7) is 0. The first-order valence-corrected chi connectivity index (χ1v) is 9.55. The number of benzene rings is 1. The predicted octanol–water partition coefficient (Wildman–Crippen LogP) is 4.64. The van der Waals surface area contributed by atoms with Crippen LogP contribution in [-0.2, 0) is 28.8 Å². The highest BCUT2D eigenvalue weighted by molar-refractivity contribution is 7.17. The van der Waals surface area contributed by atoms with Gasteiger partial charge in [0.1, 0.15) is 5.00 Å². The van der Waals surface area contributed by atoms with Gasteiger partial charge in [-0.3, -0.25) is 4.79 Å². The van der Waals surface area contributed by atoms with Crippen LogP contribution in [-0.4, -0.2) is 19.0 Å². The number of hydrogen-bond acceptors (Lipinski definition) is 4. The number of methoxy groups -OCH3 is 1. The molecule has 0 fully saturated rings. The lowest BCUT2D eigenvalue weighted by molar-refractivity contribution is -0.115. The first-order valence-electron chi connectivity index (χ1n) is 8.35. The van der Waals surface area contributed by atoms with Crippen molar-refractivity contribution in [2.24, 2.45) is 0 Å². The smallest absolute Gasteiger partial charge is 0.341 e. The molecule has 1 amide bonds. The topological polar surface area (TPSA) is 55.4 Å². The minimum atomic E-state index is -0.374. The summed E-state index contributed by atoms with van der Waals surface area (Å²) in [4.78, 5) is 25.9. The Morgan fingerprint density at radius 2 is 1.88 bits per heavy atom. The molecule has 1 aromatic heterocycles. The molecule has 1 heterocycles. The van der Waals surface area contributed by atoms with Crippen LogP contribution >= 0.6 is 22.9 Å². The molecule has 4 nitrogen and oxygen atoms in total. The molecule has 0 spiro atoms. The van der Waals surface area contributed by atoms with Crippen molar-refractivity contribution in [3.63, 3.8) is 0 Å². The van der Waals surface area contributed by atoms with E-state index >= 15 is 0 Å². The van der Waals surface area contributed by atoms with E-state index in [1.54, 1.807) is 12.1 Å². The van der Waals surface area contributed by atoms with Crippen molar-refractivity contribution >= 4 is 39.8 Å². The minimum absolute atomic E-state index is 0.149. The maximum atomic E-state index is 12.4. The Morgan fingerprint density at radius 3 is 2.60 bits per heavy atom. The van der Waals surface area contributed by atoms with E-state index in [9.17, 15) is 9.59 Å². The van der Waals surface area contributed by atoms with Gasteiger partial charge in [0.25, 0.3) is 0 Å². The molecule has 0 aliphatic heterocycles. The summed E-state index contributed by atoms with van der Waals surface area (Å²) in [5, 5.41) is 4.16. The molecule has 0 saturated heterocycles. The summed E-state index contributed by atoms with van der Waals surface area (Å²) >= 11 is 7.38. The number of fused-ring (bicyclic) bond motifs is 1. The Balaban J connectivity index is 1.82. The fourth-order valence-electron chi connectivity index (χ4n) is 3.11. The van der Waals surface area contributed by atoms with Crippen LogP contribution in [0.25, 0.3) is 0 Å². The van der Waals surface area contributed by atoms with Crippen LogP contribution in [0.3, 0.4) is 0 Å². The zero-order valence-electron chi connectivity index (χ0n) is 14.1. The summed E-state index contributed by atoms with van der Waals surface area (Å²) in [7, 11) is 1.38. The molecule has 132 valence electrons. The summed E-state index contributed by atoms with van der Waals surface area (Å²) in [6.07, 6.45) is 5.40. The Labute approximate surface area is 156 Å². The van der Waals surface area contributed by atoms with Gasteiger partial charge in [-0.1, -0.05) is 30.2 Å². The van der Waals surface area contributed by atoms with Crippen molar-refractivity contribution in [2.45, 2.75) is 38.5 Å². The lowest BCUT2D eigenvalue weighted by Gasteiger charge is -2.07. The van der Waals surface area contributed by atoms with Gasteiger partial charge in [-0.2, -0.15) is 0 Å². The number of nitrogens with one attached hydrogen (secondary N) is 1. The average Bonchev–Trinajstić information content (AvgIpc) is 2.77. The van der Waals surface area contributed by atoms with Crippen molar-refractivity contribution in [1.29, 1.82) is 0 Å². The van der Waals surface area contributed by atoms with Crippen LogP contribution in [0.2, 0.25) is 5.02 Å². The zero-order chi connectivity index (χ0) is 17.8. The van der Waals surface area contributed by atoms with Crippen LogP contribution in [0.5, 0.6) is 0 Å². The van der Waals surface area contributed by atoms with Gasteiger partial charge in [-0.25, -0.2) is 4.79 Å². The second-order valence-corrected chi connectivity index (χ2v) is 7.65. The molecule has 1 aliphatic carbocycles. The fourth-order valence-corrected chi connectivity index (χ4v) is 4.53. The number of amides is 1. The molecule has 1 N–H and O–H groups in total. The number of thiophene rings is 1. The number of ether oxygens (including phenoxy) is 1. The van der Waals surface area contributed by atoms with Crippen molar-refractivity contribution in [3.05, 3.63) is 50.9 Å². The second-order valence-electron chi connectivity index (χ2n) is 6.11. The van der Waals surface area contributed by atoms with Gasteiger partial charge in [-0.05, 0) is 48.9 Å². The largest absolute Gasteiger partial charge is 0.465 e. The van der Waals surface area contributed by atoms with E-state index in [1.807, 2.05) is 12.1 Å². The number of anilines is 1. The molecule has 1 aliphatic rings. The number of carbonyl (C=O) groups is 2. The number of carbonyl (C=O) groups excluding carboxylic acids is 2. The van der Waals surface area contributed by atoms with Gasteiger partial charge in [0, 0.05) is 9.90 Å². The van der Waals surface area contributed by atoms with Gasteiger partial charge in [-0.15, -0.1) is 11.3 Å². The first kappa shape index (κ1) is 18.0. The molecule has 25 heavy (non-hydrogen) atoms. The van der Waals surface area contributed by atoms with Crippen LogP contribution in [0.15, 0.2) is 24.3 Å².